The molecule has 0 aliphatic rings. The average molecular weight is 360 g/mol. The van der Waals surface area contributed by atoms with Crippen LogP contribution in [0, 0.1) is 13.8 Å². The first-order valence-corrected chi connectivity index (χ1v) is 8.82. The van der Waals surface area contributed by atoms with Gasteiger partial charge in [0.1, 0.15) is 5.76 Å². The highest BCUT2D eigenvalue weighted by Gasteiger charge is 2.15. The number of aryl methyl sites for hydroxylation is 2. The number of rotatable bonds is 5. The van der Waals surface area contributed by atoms with Gasteiger partial charge in [0.05, 0.1) is 24.9 Å². The summed E-state index contributed by atoms with van der Waals surface area (Å²) in [4.78, 5) is 17.0. The molecule has 1 amide bonds. The van der Waals surface area contributed by atoms with Gasteiger partial charge >= 0.3 is 0 Å². The highest BCUT2D eigenvalue weighted by atomic mass is 16.3. The number of furan rings is 1. The Bertz CT molecular complexity index is 1080. The highest BCUT2D eigenvalue weighted by Crippen LogP contribution is 2.22. The molecule has 0 aliphatic carbocycles. The molecule has 27 heavy (non-hydrogen) atoms. The predicted molar refractivity (Wildman–Crippen MR) is 102 cm³/mol. The lowest BCUT2D eigenvalue weighted by molar-refractivity contribution is -0.120. The third-order valence-corrected chi connectivity index (χ3v) is 4.61. The molecule has 4 aromatic rings. The van der Waals surface area contributed by atoms with Gasteiger partial charge in [-0.2, -0.15) is 5.10 Å². The van der Waals surface area contributed by atoms with Gasteiger partial charge in [0.25, 0.3) is 0 Å². The van der Waals surface area contributed by atoms with Crippen LogP contribution in [0.5, 0.6) is 0 Å². The van der Waals surface area contributed by atoms with Gasteiger partial charge < -0.3 is 9.73 Å². The van der Waals surface area contributed by atoms with Crippen LogP contribution in [0.2, 0.25) is 0 Å². The maximum Gasteiger partial charge on any atom is 0.224 e. The van der Waals surface area contributed by atoms with E-state index in [9.17, 15) is 4.79 Å². The van der Waals surface area contributed by atoms with Crippen molar-refractivity contribution < 1.29 is 9.21 Å². The van der Waals surface area contributed by atoms with Crippen LogP contribution in [0.4, 0.5) is 0 Å². The number of carbonyl (C=O) groups excluding carboxylic acids is 1. The van der Waals surface area contributed by atoms with Crippen LogP contribution in [0.3, 0.4) is 0 Å². The van der Waals surface area contributed by atoms with E-state index in [4.69, 9.17) is 4.42 Å². The second-order valence-electron chi connectivity index (χ2n) is 6.46. The molecule has 6 nitrogen and oxygen atoms in total. The summed E-state index contributed by atoms with van der Waals surface area (Å²) in [6.45, 7) is 4.27. The fraction of sp³-hybridized carbons (Fsp3) is 0.190. The molecule has 0 radical (unpaired) electrons. The molecule has 0 saturated heterocycles. The Balaban J connectivity index is 1.60. The minimum Gasteiger partial charge on any atom is -0.467 e. The molecule has 0 atom stereocenters. The van der Waals surface area contributed by atoms with Crippen LogP contribution in [0.15, 0.2) is 59.2 Å². The summed E-state index contributed by atoms with van der Waals surface area (Å²) in [5.41, 5.74) is 5.34. The zero-order valence-corrected chi connectivity index (χ0v) is 15.3. The third kappa shape index (κ3) is 3.46. The maximum atomic E-state index is 12.4. The molecule has 3 aromatic heterocycles. The monoisotopic (exact) mass is 360 g/mol. The number of fused-ring (bicyclic) bond motifs is 1. The van der Waals surface area contributed by atoms with Gasteiger partial charge in [0, 0.05) is 28.6 Å². The largest absolute Gasteiger partial charge is 0.467 e. The summed E-state index contributed by atoms with van der Waals surface area (Å²) >= 11 is 0. The molecule has 0 bridgehead atoms. The smallest absolute Gasteiger partial charge is 0.224 e. The van der Waals surface area contributed by atoms with Crippen LogP contribution in [-0.2, 0) is 17.8 Å². The first kappa shape index (κ1) is 17.0. The normalized spacial score (nSPS) is 11.0. The summed E-state index contributed by atoms with van der Waals surface area (Å²) in [5, 5.41) is 7.56. The lowest BCUT2D eigenvalue weighted by Gasteiger charge is -2.11. The Labute approximate surface area is 156 Å². The van der Waals surface area contributed by atoms with E-state index in [1.165, 1.54) is 0 Å². The topological polar surface area (TPSA) is 72.4 Å². The molecule has 1 aromatic carbocycles. The van der Waals surface area contributed by atoms with Crippen molar-refractivity contribution in [3.63, 3.8) is 0 Å². The van der Waals surface area contributed by atoms with Gasteiger partial charge in [-0.25, -0.2) is 9.50 Å². The standard InChI is InChI=1S/C21H20N4O2/c1-14-18(11-21(26)22-13-17-9-6-10-27-17)15(2)25-20(23-14)12-19(24-25)16-7-4-3-5-8-16/h3-10,12H,11,13H2,1-2H3,(H,22,26). The number of benzene rings is 1. The van der Waals surface area contributed by atoms with E-state index in [1.807, 2.05) is 60.8 Å². The van der Waals surface area contributed by atoms with Crippen molar-refractivity contribution in [1.29, 1.82) is 0 Å². The summed E-state index contributed by atoms with van der Waals surface area (Å²) in [6.07, 6.45) is 1.84. The van der Waals surface area contributed by atoms with Crippen LogP contribution in [0.1, 0.15) is 22.7 Å². The summed E-state index contributed by atoms with van der Waals surface area (Å²) < 4.78 is 7.05. The predicted octanol–water partition coefficient (Wildman–Crippen LogP) is 3.47. The Hall–Kier alpha value is -3.41. The Morgan fingerprint density at radius 3 is 2.70 bits per heavy atom. The first-order valence-electron chi connectivity index (χ1n) is 8.82. The van der Waals surface area contributed by atoms with Gasteiger partial charge in [0.2, 0.25) is 5.91 Å². The zero-order valence-electron chi connectivity index (χ0n) is 15.3. The van der Waals surface area contributed by atoms with E-state index in [0.717, 1.165) is 39.6 Å². The molecule has 6 heteroatoms. The van der Waals surface area contributed by atoms with Crippen molar-refractivity contribution >= 4 is 11.6 Å². The first-order chi connectivity index (χ1) is 13.1. The van der Waals surface area contributed by atoms with Crippen LogP contribution < -0.4 is 5.32 Å². The maximum absolute atomic E-state index is 12.4. The molecule has 0 spiro atoms. The van der Waals surface area contributed by atoms with Crippen LogP contribution >= 0.6 is 0 Å². The molecule has 1 N–H and O–H groups in total. The number of amides is 1. The number of hydrogen-bond donors (Lipinski definition) is 1. The Morgan fingerprint density at radius 2 is 1.96 bits per heavy atom. The van der Waals surface area contributed by atoms with E-state index in [1.54, 1.807) is 12.3 Å². The summed E-state index contributed by atoms with van der Waals surface area (Å²) in [6, 6.07) is 15.6. The number of nitrogens with one attached hydrogen (secondary N) is 1. The minimum atomic E-state index is -0.0748. The van der Waals surface area contributed by atoms with Crippen molar-refractivity contribution in [1.82, 2.24) is 19.9 Å². The average Bonchev–Trinajstić information content (AvgIpc) is 3.34. The minimum absolute atomic E-state index is 0.0748. The SMILES string of the molecule is Cc1nc2cc(-c3ccccc3)nn2c(C)c1CC(=O)NCc1ccco1. The van der Waals surface area contributed by atoms with Gasteiger partial charge in [-0.3, -0.25) is 4.79 Å². The molecule has 0 unspecified atom stereocenters. The van der Waals surface area contributed by atoms with Gasteiger partial charge in [-0.15, -0.1) is 0 Å². The van der Waals surface area contributed by atoms with E-state index in [-0.39, 0.29) is 12.3 Å². The molecule has 0 saturated carbocycles. The fourth-order valence-corrected chi connectivity index (χ4v) is 3.15. The van der Waals surface area contributed by atoms with E-state index in [2.05, 4.69) is 15.4 Å². The second-order valence-corrected chi connectivity index (χ2v) is 6.46. The molecule has 0 aliphatic heterocycles. The van der Waals surface area contributed by atoms with Crippen molar-refractivity contribution in [2.45, 2.75) is 26.8 Å². The Morgan fingerprint density at radius 1 is 1.15 bits per heavy atom. The Kier molecular flexibility index (Phi) is 4.46. The number of carbonyl (C=O) groups is 1. The van der Waals surface area contributed by atoms with Crippen LogP contribution in [0.25, 0.3) is 16.9 Å². The van der Waals surface area contributed by atoms with E-state index in [0.29, 0.717) is 6.54 Å². The van der Waals surface area contributed by atoms with Crippen molar-refractivity contribution in [3.8, 4) is 11.3 Å². The van der Waals surface area contributed by atoms with E-state index < -0.39 is 0 Å². The van der Waals surface area contributed by atoms with Crippen molar-refractivity contribution in [2.75, 3.05) is 0 Å². The van der Waals surface area contributed by atoms with Gasteiger partial charge in [-0.1, -0.05) is 30.3 Å². The molecule has 4 rings (SSSR count). The lowest BCUT2D eigenvalue weighted by Crippen LogP contribution is -2.25. The van der Waals surface area contributed by atoms with Gasteiger partial charge in [-0.05, 0) is 26.0 Å². The van der Waals surface area contributed by atoms with Gasteiger partial charge in [0.15, 0.2) is 5.65 Å². The summed E-state index contributed by atoms with van der Waals surface area (Å²) in [5.74, 6) is 0.652. The number of nitrogens with zero attached hydrogens (tertiary/aromatic N) is 3. The number of aromatic nitrogens is 3. The zero-order chi connectivity index (χ0) is 18.8. The fourth-order valence-electron chi connectivity index (χ4n) is 3.15. The quantitative estimate of drug-likeness (QED) is 0.591. The molecule has 3 heterocycles. The molecular formula is C21H20N4O2. The summed E-state index contributed by atoms with van der Waals surface area (Å²) in [7, 11) is 0. The molecule has 0 fully saturated rings. The van der Waals surface area contributed by atoms with Crippen LogP contribution in [-0.4, -0.2) is 20.5 Å². The third-order valence-electron chi connectivity index (χ3n) is 4.61. The highest BCUT2D eigenvalue weighted by molar-refractivity contribution is 5.79. The molecular weight excluding hydrogens is 340 g/mol. The lowest BCUT2D eigenvalue weighted by atomic mass is 10.1. The molecule has 136 valence electrons. The van der Waals surface area contributed by atoms with Crippen molar-refractivity contribution in [2.24, 2.45) is 0 Å². The number of hydrogen-bond acceptors (Lipinski definition) is 4. The second kappa shape index (κ2) is 7.07. The van der Waals surface area contributed by atoms with E-state index >= 15 is 0 Å². The van der Waals surface area contributed by atoms with Crippen molar-refractivity contribution in [3.05, 3.63) is 77.5 Å².